The Morgan fingerprint density at radius 1 is 1.06 bits per heavy atom. The number of alkyl halides is 2. The molecule has 2 amide bonds. The third-order valence-corrected chi connectivity index (χ3v) is 5.88. The standard InChI is InChI=1S/C24H29F2N7O3/c1-24(15-25,16-26)20-12-21(32-36-20)31-23(34)30-19-4-2-17(3-5-19)18-13-28-22(29-14-18)27-6-7-33-8-10-35-11-9-33/h2-5,12-14H,6-11,15-16H2,1H3,(H,27,28,29)(H2,30,31,32,34). The fourth-order valence-corrected chi connectivity index (χ4v) is 3.53. The molecule has 1 saturated heterocycles. The Hall–Kier alpha value is -3.64. The lowest BCUT2D eigenvalue weighted by molar-refractivity contribution is 0.0398. The Morgan fingerprint density at radius 3 is 2.42 bits per heavy atom. The molecule has 1 fully saturated rings. The molecule has 0 unspecified atom stereocenters. The molecule has 0 spiro atoms. The van der Waals surface area contributed by atoms with E-state index < -0.39 is 24.8 Å². The van der Waals surface area contributed by atoms with Crippen LogP contribution in [0.5, 0.6) is 0 Å². The van der Waals surface area contributed by atoms with Gasteiger partial charge in [0.2, 0.25) is 5.95 Å². The first-order valence-electron chi connectivity index (χ1n) is 11.6. The summed E-state index contributed by atoms with van der Waals surface area (Å²) in [4.78, 5) is 23.4. The second-order valence-electron chi connectivity index (χ2n) is 8.74. The van der Waals surface area contributed by atoms with Crippen molar-refractivity contribution in [1.29, 1.82) is 0 Å². The van der Waals surface area contributed by atoms with Crippen LogP contribution >= 0.6 is 0 Å². The highest BCUT2D eigenvalue weighted by Gasteiger charge is 2.32. The quantitative estimate of drug-likeness (QED) is 0.385. The van der Waals surface area contributed by atoms with Gasteiger partial charge in [0.25, 0.3) is 0 Å². The fourth-order valence-electron chi connectivity index (χ4n) is 3.53. The van der Waals surface area contributed by atoms with E-state index in [-0.39, 0.29) is 11.6 Å². The van der Waals surface area contributed by atoms with Crippen molar-refractivity contribution in [3.05, 3.63) is 48.5 Å². The molecule has 3 heterocycles. The molecule has 1 aliphatic heterocycles. The number of halogens is 2. The number of carbonyl (C=O) groups excluding carboxylic acids is 1. The minimum Gasteiger partial charge on any atom is -0.379 e. The summed E-state index contributed by atoms with van der Waals surface area (Å²) >= 11 is 0. The molecule has 0 radical (unpaired) electrons. The van der Waals surface area contributed by atoms with Crippen LogP contribution in [0.3, 0.4) is 0 Å². The average molecular weight is 502 g/mol. The Kier molecular flexibility index (Phi) is 8.39. The normalized spacial score (nSPS) is 14.4. The molecule has 4 rings (SSSR count). The summed E-state index contributed by atoms with van der Waals surface area (Å²) in [6.45, 7) is 4.56. The number of anilines is 3. The number of hydrogen-bond donors (Lipinski definition) is 3. The number of nitrogens with one attached hydrogen (secondary N) is 3. The van der Waals surface area contributed by atoms with E-state index >= 15 is 0 Å². The third-order valence-electron chi connectivity index (χ3n) is 5.88. The summed E-state index contributed by atoms with van der Waals surface area (Å²) in [5.41, 5.74) is 0.835. The summed E-state index contributed by atoms with van der Waals surface area (Å²) in [5, 5.41) is 12.0. The Balaban J connectivity index is 1.26. The monoisotopic (exact) mass is 501 g/mol. The lowest BCUT2D eigenvalue weighted by Crippen LogP contribution is -2.39. The Bertz CT molecular complexity index is 1120. The lowest BCUT2D eigenvalue weighted by Gasteiger charge is -2.26. The van der Waals surface area contributed by atoms with E-state index in [9.17, 15) is 13.6 Å². The first kappa shape index (κ1) is 25.5. The van der Waals surface area contributed by atoms with E-state index in [1.807, 2.05) is 12.1 Å². The molecule has 3 aromatic rings. The molecule has 0 atom stereocenters. The van der Waals surface area contributed by atoms with Crippen molar-refractivity contribution in [2.45, 2.75) is 12.3 Å². The predicted molar refractivity (Wildman–Crippen MR) is 132 cm³/mol. The number of rotatable bonds is 10. The summed E-state index contributed by atoms with van der Waals surface area (Å²) in [6.07, 6.45) is 3.48. The highest BCUT2D eigenvalue weighted by Crippen LogP contribution is 2.27. The van der Waals surface area contributed by atoms with Crippen LogP contribution in [0.1, 0.15) is 12.7 Å². The van der Waals surface area contributed by atoms with Crippen LogP contribution in [0.2, 0.25) is 0 Å². The van der Waals surface area contributed by atoms with Gasteiger partial charge in [-0.15, -0.1) is 0 Å². The molecule has 0 saturated carbocycles. The zero-order chi connectivity index (χ0) is 25.4. The largest absolute Gasteiger partial charge is 0.379 e. The van der Waals surface area contributed by atoms with Gasteiger partial charge < -0.3 is 19.9 Å². The van der Waals surface area contributed by atoms with Gasteiger partial charge in [0.15, 0.2) is 5.82 Å². The van der Waals surface area contributed by atoms with Gasteiger partial charge >= 0.3 is 6.03 Å². The van der Waals surface area contributed by atoms with Crippen LogP contribution in [0.15, 0.2) is 47.2 Å². The van der Waals surface area contributed by atoms with E-state index in [1.54, 1.807) is 24.5 Å². The molecule has 10 nitrogen and oxygen atoms in total. The summed E-state index contributed by atoms with van der Waals surface area (Å²) < 4.78 is 36.6. The van der Waals surface area contributed by atoms with Crippen molar-refractivity contribution in [1.82, 2.24) is 20.0 Å². The van der Waals surface area contributed by atoms with Gasteiger partial charge in [0.1, 0.15) is 19.1 Å². The van der Waals surface area contributed by atoms with E-state index in [4.69, 9.17) is 9.26 Å². The van der Waals surface area contributed by atoms with Gasteiger partial charge in [-0.3, -0.25) is 10.2 Å². The van der Waals surface area contributed by atoms with Crippen LogP contribution in [-0.4, -0.2) is 78.8 Å². The van der Waals surface area contributed by atoms with Gasteiger partial charge in [-0.05, 0) is 24.6 Å². The number of morpholine rings is 1. The van der Waals surface area contributed by atoms with E-state index in [1.165, 1.54) is 13.0 Å². The van der Waals surface area contributed by atoms with Crippen molar-refractivity contribution in [3.8, 4) is 11.1 Å². The first-order valence-corrected chi connectivity index (χ1v) is 11.6. The lowest BCUT2D eigenvalue weighted by atomic mass is 9.91. The third kappa shape index (κ3) is 6.52. The predicted octanol–water partition coefficient (Wildman–Crippen LogP) is 3.72. The van der Waals surface area contributed by atoms with E-state index in [0.29, 0.717) is 11.6 Å². The van der Waals surface area contributed by atoms with Crippen LogP contribution in [-0.2, 0) is 10.2 Å². The second kappa shape index (κ2) is 11.9. The molecular formula is C24H29F2N7O3. The van der Waals surface area contributed by atoms with E-state index in [0.717, 1.165) is 50.5 Å². The molecule has 0 aliphatic carbocycles. The smallest absolute Gasteiger partial charge is 0.324 e. The summed E-state index contributed by atoms with van der Waals surface area (Å²) in [5.74, 6) is 0.645. The second-order valence-corrected chi connectivity index (χ2v) is 8.74. The number of aromatic nitrogens is 3. The zero-order valence-corrected chi connectivity index (χ0v) is 20.0. The molecule has 0 bridgehead atoms. The Morgan fingerprint density at radius 2 is 1.75 bits per heavy atom. The number of carbonyl (C=O) groups is 1. The number of amides is 2. The zero-order valence-electron chi connectivity index (χ0n) is 20.0. The number of urea groups is 1. The van der Waals surface area contributed by atoms with Gasteiger partial charge in [-0.25, -0.2) is 23.5 Å². The SMILES string of the molecule is CC(CF)(CF)c1cc(NC(=O)Nc2ccc(-c3cnc(NCCN4CCOCC4)nc3)cc2)no1. The molecule has 1 aliphatic rings. The maximum Gasteiger partial charge on any atom is 0.324 e. The number of hydrogen-bond acceptors (Lipinski definition) is 8. The van der Waals surface area contributed by atoms with Gasteiger partial charge in [-0.1, -0.05) is 17.3 Å². The molecule has 3 N–H and O–H groups in total. The van der Waals surface area contributed by atoms with Crippen LogP contribution in [0.25, 0.3) is 11.1 Å². The van der Waals surface area contributed by atoms with Gasteiger partial charge in [0, 0.05) is 55.9 Å². The average Bonchev–Trinajstić information content (AvgIpc) is 3.38. The van der Waals surface area contributed by atoms with Crippen LogP contribution < -0.4 is 16.0 Å². The van der Waals surface area contributed by atoms with Gasteiger partial charge in [-0.2, -0.15) is 0 Å². The first-order chi connectivity index (χ1) is 17.5. The molecule has 12 heteroatoms. The molecule has 2 aromatic heterocycles. The van der Waals surface area contributed by atoms with Crippen molar-refractivity contribution < 1.29 is 22.8 Å². The molecule has 36 heavy (non-hydrogen) atoms. The van der Waals surface area contributed by atoms with Crippen molar-refractivity contribution in [2.75, 3.05) is 68.7 Å². The number of benzene rings is 1. The van der Waals surface area contributed by atoms with Crippen molar-refractivity contribution in [2.24, 2.45) is 0 Å². The molecular weight excluding hydrogens is 472 g/mol. The highest BCUT2D eigenvalue weighted by molar-refractivity contribution is 5.99. The Labute approximate surface area is 207 Å². The van der Waals surface area contributed by atoms with Gasteiger partial charge in [0.05, 0.1) is 18.6 Å². The number of nitrogens with zero attached hydrogens (tertiary/aromatic N) is 4. The van der Waals surface area contributed by atoms with Crippen molar-refractivity contribution in [3.63, 3.8) is 0 Å². The maximum atomic E-state index is 13.1. The minimum atomic E-state index is -1.43. The minimum absolute atomic E-state index is 0.0210. The van der Waals surface area contributed by atoms with Crippen molar-refractivity contribution >= 4 is 23.5 Å². The summed E-state index contributed by atoms with van der Waals surface area (Å²) in [7, 11) is 0. The number of ether oxygens (including phenoxy) is 1. The molecule has 1 aromatic carbocycles. The molecule has 192 valence electrons. The van der Waals surface area contributed by atoms with Crippen LogP contribution in [0.4, 0.5) is 31.0 Å². The highest BCUT2D eigenvalue weighted by atomic mass is 19.1. The summed E-state index contributed by atoms with van der Waals surface area (Å²) in [6, 6.07) is 7.88. The topological polar surface area (TPSA) is 117 Å². The fraction of sp³-hybridized carbons (Fsp3) is 0.417. The van der Waals surface area contributed by atoms with E-state index in [2.05, 4.69) is 36.0 Å². The van der Waals surface area contributed by atoms with Crippen LogP contribution in [0, 0.1) is 0 Å². The maximum absolute atomic E-state index is 13.1.